The Bertz CT molecular complexity index is 6000. The first-order valence-electron chi connectivity index (χ1n) is 34.4. The number of rotatable bonds is 11. The predicted molar refractivity (Wildman–Crippen MR) is 416 cm³/mol. The van der Waals surface area contributed by atoms with Gasteiger partial charge in [-0.25, -0.2) is 9.97 Å². The molecule has 0 fully saturated rings. The first-order valence-corrected chi connectivity index (χ1v) is 34.4. The topological polar surface area (TPSA) is 43.8 Å². The molecule has 5 heterocycles. The number of hydrogen-bond donors (Lipinski definition) is 0. The Labute approximate surface area is 578 Å². The summed E-state index contributed by atoms with van der Waals surface area (Å²) in [6, 6.07) is 124. The molecule has 0 saturated carbocycles. The molecule has 0 spiro atoms. The minimum absolute atomic E-state index is 0.139. The molecule has 18 aromatic rings. The van der Waals surface area contributed by atoms with Crippen molar-refractivity contribution in [3.8, 4) is 95.5 Å². The average molecular weight is 1280 g/mol. The molecule has 2 aliphatic rings. The maximum atomic E-state index is 5.43. The van der Waals surface area contributed by atoms with Gasteiger partial charge in [0.15, 0.2) is 5.82 Å². The molecule has 1 aliphatic carbocycles. The van der Waals surface area contributed by atoms with Crippen LogP contribution in [0.1, 0.15) is 11.5 Å². The Kier molecular flexibility index (Phi) is 13.3. The van der Waals surface area contributed by atoms with Crippen molar-refractivity contribution in [1.29, 1.82) is 0 Å². The van der Waals surface area contributed by atoms with Crippen LogP contribution in [-0.2, 0) is 0 Å². The molecule has 100 heavy (non-hydrogen) atoms. The molecule has 6 heteroatoms. The summed E-state index contributed by atoms with van der Waals surface area (Å²) in [5.41, 5.74) is 27.6. The van der Waals surface area contributed by atoms with Crippen molar-refractivity contribution in [3.63, 3.8) is 0 Å². The number of allylic oxidation sites excluding steroid dienone is 2. The van der Waals surface area contributed by atoms with E-state index in [1.54, 1.807) is 0 Å². The summed E-state index contributed by atoms with van der Waals surface area (Å²) in [5.74, 6) is 0.922. The molecule has 2 unspecified atom stereocenters. The minimum Gasteiger partial charge on any atom is -0.333 e. The Morgan fingerprint density at radius 2 is 0.560 bits per heavy atom. The van der Waals surface area contributed by atoms with E-state index in [9.17, 15) is 0 Å². The maximum Gasteiger partial charge on any atom is 0.160 e. The summed E-state index contributed by atoms with van der Waals surface area (Å²) in [4.78, 5) is 13.2. The second-order valence-electron chi connectivity index (χ2n) is 26.4. The highest BCUT2D eigenvalue weighted by atomic mass is 15.2. The van der Waals surface area contributed by atoms with Gasteiger partial charge in [-0.3, -0.25) is 0 Å². The Morgan fingerprint density at radius 1 is 0.230 bits per heavy atom. The third-order valence-electron chi connectivity index (χ3n) is 20.7. The second-order valence-corrected chi connectivity index (χ2v) is 26.4. The third-order valence-corrected chi connectivity index (χ3v) is 20.7. The highest BCUT2D eigenvalue weighted by Gasteiger charge is 2.37. The van der Waals surface area contributed by atoms with E-state index in [1.807, 2.05) is 6.07 Å². The molecule has 0 amide bonds. The molecule has 14 aromatic carbocycles. The minimum atomic E-state index is 0.139. The first-order chi connectivity index (χ1) is 49.6. The molecule has 0 saturated heterocycles. The number of aromatic nitrogens is 5. The lowest BCUT2D eigenvalue weighted by molar-refractivity contribution is 0.744. The fraction of sp³-hybridized carbons (Fsp3) is 0.0213. The van der Waals surface area contributed by atoms with Gasteiger partial charge in [0.25, 0.3) is 0 Å². The number of hydrogen-bond acceptors (Lipinski definition) is 3. The van der Waals surface area contributed by atoms with Crippen LogP contribution in [0.15, 0.2) is 364 Å². The van der Waals surface area contributed by atoms with Crippen molar-refractivity contribution < 1.29 is 0 Å². The van der Waals surface area contributed by atoms with Crippen LogP contribution in [0, 0.1) is 0 Å². The lowest BCUT2D eigenvalue weighted by Crippen LogP contribution is -2.28. The highest BCUT2D eigenvalue weighted by molar-refractivity contribution is 6.12. The van der Waals surface area contributed by atoms with Gasteiger partial charge in [-0.15, -0.1) is 0 Å². The fourth-order valence-corrected chi connectivity index (χ4v) is 16.1. The van der Waals surface area contributed by atoms with Gasteiger partial charge in [0.1, 0.15) is 0 Å². The van der Waals surface area contributed by atoms with Crippen molar-refractivity contribution in [3.05, 3.63) is 370 Å². The van der Waals surface area contributed by atoms with E-state index < -0.39 is 0 Å². The average Bonchev–Trinajstić information content (AvgIpc) is 1.59. The summed E-state index contributed by atoms with van der Waals surface area (Å²) in [7, 11) is 0. The quantitative estimate of drug-likeness (QED) is 0.130. The molecular weight excluding hydrogens is 1210 g/mol. The van der Waals surface area contributed by atoms with Gasteiger partial charge in [-0.1, -0.05) is 261 Å². The lowest BCUT2D eigenvalue weighted by Gasteiger charge is -2.30. The van der Waals surface area contributed by atoms with Gasteiger partial charge in [0, 0.05) is 83.4 Å². The predicted octanol–water partition coefficient (Wildman–Crippen LogP) is 24.2. The van der Waals surface area contributed by atoms with Gasteiger partial charge in [-0.2, -0.15) is 0 Å². The van der Waals surface area contributed by atoms with E-state index >= 15 is 0 Å². The van der Waals surface area contributed by atoms with Crippen LogP contribution in [0.4, 0.5) is 11.4 Å². The first kappa shape index (κ1) is 57.1. The molecule has 468 valence electrons. The fourth-order valence-electron chi connectivity index (χ4n) is 16.1. The number of nitrogens with zero attached hydrogens (tertiary/aromatic N) is 6. The van der Waals surface area contributed by atoms with Gasteiger partial charge >= 0.3 is 0 Å². The van der Waals surface area contributed by atoms with Crippen LogP contribution in [0.25, 0.3) is 161 Å². The largest absolute Gasteiger partial charge is 0.333 e. The summed E-state index contributed by atoms with van der Waals surface area (Å²) in [6.07, 6.45) is 9.14. The number of fused-ring (bicyclic) bond motifs is 12. The number of benzene rings is 14. The Hall–Kier alpha value is -13.2. The molecule has 0 N–H and O–H groups in total. The van der Waals surface area contributed by atoms with E-state index in [0.29, 0.717) is 5.82 Å². The van der Waals surface area contributed by atoms with Crippen LogP contribution in [0.3, 0.4) is 0 Å². The molecule has 20 rings (SSSR count). The van der Waals surface area contributed by atoms with Crippen molar-refractivity contribution >= 4 is 76.8 Å². The van der Waals surface area contributed by atoms with E-state index in [4.69, 9.17) is 9.97 Å². The molecular formula is C94H62N6. The highest BCUT2D eigenvalue weighted by Crippen LogP contribution is 2.50. The monoisotopic (exact) mass is 1270 g/mol. The van der Waals surface area contributed by atoms with Crippen LogP contribution in [0.5, 0.6) is 0 Å². The van der Waals surface area contributed by atoms with Crippen molar-refractivity contribution in [2.45, 2.75) is 12.0 Å². The standard InChI is InChI=1S/C94H62N6/c1-3-23-65(24-4-1)84-60-85(96-94(95-84)66-25-5-2-6-26-66)71-52-67(61-43-47-63(48-44-61)69-54-72(97-86-35-15-7-27-76(86)77-28-8-16-36-87(77)97)58-73(55-69)98-88-37-17-9-29-78(88)79-30-10-18-38-89(79)98)51-68(53-71)62-45-49-64(50-46-62)70-56-74(99-90-39-19-11-31-80(90)81-32-12-20-40-91(81)99)59-75(57-70)100-92-41-21-13-33-82(92)83-34-14-22-42-93(83)100/h1-60,76,86H. The number of anilines is 2. The molecule has 0 bridgehead atoms. The maximum absolute atomic E-state index is 5.43. The zero-order valence-electron chi connectivity index (χ0n) is 54.5. The van der Waals surface area contributed by atoms with Gasteiger partial charge in [-0.05, 0) is 153 Å². The van der Waals surface area contributed by atoms with Crippen LogP contribution in [0.2, 0.25) is 0 Å². The van der Waals surface area contributed by atoms with E-state index in [2.05, 4.69) is 377 Å². The summed E-state index contributed by atoms with van der Waals surface area (Å²) in [6.45, 7) is 0. The molecule has 0 radical (unpaired) electrons. The van der Waals surface area contributed by atoms with Gasteiger partial charge in [0.05, 0.1) is 50.5 Å². The zero-order valence-corrected chi connectivity index (χ0v) is 54.5. The van der Waals surface area contributed by atoms with Crippen molar-refractivity contribution in [1.82, 2.24) is 23.7 Å². The normalized spacial score (nSPS) is 14.1. The smallest absolute Gasteiger partial charge is 0.160 e. The summed E-state index contributed by atoms with van der Waals surface area (Å²) >= 11 is 0. The SMILES string of the molecule is C1=CC2c3ccccc3N(c3cc(-c4ccc(-c5cc(-c6ccc(-c7cc(-n8c9ccccc9c9ccccc98)cc(-n8c9ccccc9c9ccccc98)c7)cc6)cc(-c6cc(-c7ccccc7)nc(-c7ccccc7)n6)c5)cc4)cc(-n4c5ccccc5c5ccccc54)c3)C2C=C1. The number of para-hydroxylation sites is 7. The Morgan fingerprint density at radius 3 is 1.00 bits per heavy atom. The van der Waals surface area contributed by atoms with Gasteiger partial charge in [0.2, 0.25) is 0 Å². The second kappa shape index (κ2) is 23.3. The zero-order chi connectivity index (χ0) is 65.8. The van der Waals surface area contributed by atoms with Crippen molar-refractivity contribution in [2.24, 2.45) is 0 Å². The lowest BCUT2D eigenvalue weighted by atomic mass is 9.91. The molecule has 2 atom stereocenters. The summed E-state index contributed by atoms with van der Waals surface area (Å²) in [5, 5.41) is 7.38. The van der Waals surface area contributed by atoms with E-state index in [-0.39, 0.29) is 12.0 Å². The van der Waals surface area contributed by atoms with Gasteiger partial charge < -0.3 is 18.6 Å². The van der Waals surface area contributed by atoms with E-state index in [0.717, 1.165) is 95.3 Å². The van der Waals surface area contributed by atoms with Crippen LogP contribution >= 0.6 is 0 Å². The molecule has 4 aromatic heterocycles. The molecule has 6 nitrogen and oxygen atoms in total. The van der Waals surface area contributed by atoms with Crippen molar-refractivity contribution in [2.75, 3.05) is 4.90 Å². The summed E-state index contributed by atoms with van der Waals surface area (Å²) < 4.78 is 7.33. The molecule has 1 aliphatic heterocycles. The van der Waals surface area contributed by atoms with Crippen LogP contribution in [-0.4, -0.2) is 29.7 Å². The van der Waals surface area contributed by atoms with E-state index in [1.165, 1.54) is 76.7 Å². The Balaban J connectivity index is 0.745. The van der Waals surface area contributed by atoms with Crippen LogP contribution < -0.4 is 4.90 Å². The third kappa shape index (κ3) is 9.48.